The summed E-state index contributed by atoms with van der Waals surface area (Å²) in [4.78, 5) is 28.7. The highest BCUT2D eigenvalue weighted by molar-refractivity contribution is 5.90. The molecule has 28 heavy (non-hydrogen) atoms. The van der Waals surface area contributed by atoms with Crippen molar-refractivity contribution in [2.75, 3.05) is 11.8 Å². The van der Waals surface area contributed by atoms with E-state index in [1.165, 1.54) is 24.3 Å². The van der Waals surface area contributed by atoms with Gasteiger partial charge >= 0.3 is 11.9 Å². The first-order valence-electron chi connectivity index (χ1n) is 8.92. The van der Waals surface area contributed by atoms with E-state index >= 15 is 0 Å². The molecule has 0 saturated carbocycles. The van der Waals surface area contributed by atoms with E-state index in [0.717, 1.165) is 0 Å². The van der Waals surface area contributed by atoms with Gasteiger partial charge in [-0.2, -0.15) is 0 Å². The molecule has 0 radical (unpaired) electrons. The van der Waals surface area contributed by atoms with Crippen LogP contribution in [0, 0.1) is 11.1 Å². The fraction of sp³-hybridized carbons (Fsp3) is 0.444. The van der Waals surface area contributed by atoms with Gasteiger partial charge in [0.2, 0.25) is 0 Å². The second kappa shape index (κ2) is 7.95. The van der Waals surface area contributed by atoms with Crippen LogP contribution in [0.1, 0.15) is 66.1 Å². The molecule has 150 valence electrons. The van der Waals surface area contributed by atoms with E-state index in [1.54, 1.807) is 11.6 Å². The Balaban J connectivity index is 1.81. The minimum atomic E-state index is -0.663. The van der Waals surface area contributed by atoms with Crippen LogP contribution < -0.4 is 5.23 Å². The zero-order valence-corrected chi connectivity index (χ0v) is 15.7. The Kier molecular flexibility index (Phi) is 5.61. The summed E-state index contributed by atoms with van der Waals surface area (Å²) in [6.45, 7) is 5.91. The lowest BCUT2D eigenvalue weighted by Gasteiger charge is -2.21. The molecule has 0 unspecified atom stereocenters. The predicted molar refractivity (Wildman–Crippen MR) is 96.7 cm³/mol. The molecule has 0 fully saturated rings. The Bertz CT molecular complexity index is 861. The van der Waals surface area contributed by atoms with Crippen LogP contribution in [0.5, 0.6) is 0 Å². The number of benzene rings is 1. The summed E-state index contributed by atoms with van der Waals surface area (Å²) in [5.74, 6) is -0.715. The molecule has 0 amide bonds. The minimum Gasteiger partial charge on any atom is -0.733 e. The van der Waals surface area contributed by atoms with E-state index in [0.29, 0.717) is 12.2 Å². The van der Waals surface area contributed by atoms with Gasteiger partial charge in [0.1, 0.15) is 0 Å². The summed E-state index contributed by atoms with van der Waals surface area (Å²) < 4.78 is 12.2. The molecule has 2 atom stereocenters. The van der Waals surface area contributed by atoms with Gasteiger partial charge in [-0.3, -0.25) is 5.21 Å². The monoisotopic (exact) mass is 389 g/mol. The normalized spacial score (nSPS) is 18.1. The van der Waals surface area contributed by atoms with E-state index in [-0.39, 0.29) is 40.9 Å². The molecule has 1 N–H and O–H groups in total. The third-order valence-corrected chi connectivity index (χ3v) is 4.52. The van der Waals surface area contributed by atoms with Crippen molar-refractivity contribution in [1.82, 2.24) is 14.8 Å². The van der Waals surface area contributed by atoms with Gasteiger partial charge in [0.05, 0.1) is 23.9 Å². The van der Waals surface area contributed by atoms with Crippen LogP contribution in [0.15, 0.2) is 24.3 Å². The Morgan fingerprint density at radius 1 is 1.32 bits per heavy atom. The van der Waals surface area contributed by atoms with Gasteiger partial charge in [-0.15, -0.1) is 5.10 Å². The SMILES string of the molecule is CCOC(=O)c1nc2n(n1)[C@H](C(C)C)C[C@H]2OC(=O)c1ccc(N([O-])O)cc1. The third-order valence-electron chi connectivity index (χ3n) is 4.52. The van der Waals surface area contributed by atoms with Crippen LogP contribution in [0.3, 0.4) is 0 Å². The van der Waals surface area contributed by atoms with Gasteiger partial charge in [-0.05, 0) is 37.1 Å². The maximum atomic E-state index is 12.5. The molecule has 1 aromatic heterocycles. The molecule has 3 rings (SSSR count). The zero-order valence-electron chi connectivity index (χ0n) is 15.7. The highest BCUT2D eigenvalue weighted by atomic mass is 16.8. The molecule has 2 aromatic rings. The summed E-state index contributed by atoms with van der Waals surface area (Å²) in [7, 11) is 0. The summed E-state index contributed by atoms with van der Waals surface area (Å²) in [5, 5.41) is 23.7. The first-order chi connectivity index (χ1) is 13.3. The standard InChI is InChI=1S/C18H21N4O6/c1-4-27-18(24)15-19-16-14(9-13(10(2)3)21(16)20-15)28-17(23)11-5-7-12(8-6-11)22(25)26/h5-8,10,13-14,25H,4,9H2,1-3H3/q-1/t13-,14+/m0/s1. The molecule has 1 aliphatic heterocycles. The topological polar surface area (TPSA) is 130 Å². The van der Waals surface area contributed by atoms with E-state index in [4.69, 9.17) is 14.7 Å². The number of hydrogen-bond acceptors (Lipinski definition) is 9. The van der Waals surface area contributed by atoms with E-state index in [1.807, 2.05) is 13.8 Å². The Labute approximate surface area is 161 Å². The number of esters is 2. The largest absolute Gasteiger partial charge is 0.733 e. The average molecular weight is 389 g/mol. The molecular weight excluding hydrogens is 368 g/mol. The maximum absolute atomic E-state index is 12.5. The molecular formula is C18H21N4O6-. The Morgan fingerprint density at radius 2 is 2.00 bits per heavy atom. The minimum absolute atomic E-state index is 0.00360. The predicted octanol–water partition coefficient (Wildman–Crippen LogP) is 2.65. The molecule has 0 spiro atoms. The van der Waals surface area contributed by atoms with Gasteiger partial charge in [0.25, 0.3) is 5.82 Å². The lowest BCUT2D eigenvalue weighted by molar-refractivity contribution is 0.0274. The van der Waals surface area contributed by atoms with E-state index < -0.39 is 18.0 Å². The highest BCUT2D eigenvalue weighted by Gasteiger charge is 2.39. The molecule has 0 aliphatic carbocycles. The van der Waals surface area contributed by atoms with Gasteiger partial charge in [0.15, 0.2) is 11.9 Å². The molecule has 0 bridgehead atoms. The number of aromatic nitrogens is 3. The number of fused-ring (bicyclic) bond motifs is 1. The van der Waals surface area contributed by atoms with Crippen LogP contribution in [0.25, 0.3) is 0 Å². The number of nitrogens with zero attached hydrogens (tertiary/aromatic N) is 4. The molecule has 1 aromatic carbocycles. The Morgan fingerprint density at radius 3 is 2.57 bits per heavy atom. The summed E-state index contributed by atoms with van der Waals surface area (Å²) in [5.41, 5.74) is 0.214. The van der Waals surface area contributed by atoms with Gasteiger partial charge in [0, 0.05) is 6.42 Å². The second-order valence-electron chi connectivity index (χ2n) is 6.72. The van der Waals surface area contributed by atoms with Gasteiger partial charge < -0.3 is 19.9 Å². The van der Waals surface area contributed by atoms with Crippen molar-refractivity contribution < 1.29 is 24.3 Å². The van der Waals surface area contributed by atoms with Crippen molar-refractivity contribution in [1.29, 1.82) is 0 Å². The van der Waals surface area contributed by atoms with E-state index in [9.17, 15) is 14.8 Å². The zero-order chi connectivity index (χ0) is 20.4. The first-order valence-corrected chi connectivity index (χ1v) is 8.92. The fourth-order valence-electron chi connectivity index (χ4n) is 3.08. The number of anilines is 1. The quantitative estimate of drug-likeness (QED) is 0.585. The fourth-order valence-corrected chi connectivity index (χ4v) is 3.08. The number of rotatable bonds is 6. The highest BCUT2D eigenvalue weighted by Crippen LogP contribution is 2.39. The lowest BCUT2D eigenvalue weighted by atomic mass is 10.0. The first kappa shape index (κ1) is 19.8. The Hall–Kier alpha value is -2.98. The van der Waals surface area contributed by atoms with Gasteiger partial charge in [-0.25, -0.2) is 19.3 Å². The number of carbonyl (C=O) groups excluding carboxylic acids is 2. The van der Waals surface area contributed by atoms with Crippen LogP contribution in [-0.2, 0) is 9.47 Å². The van der Waals surface area contributed by atoms with E-state index in [2.05, 4.69) is 10.1 Å². The summed E-state index contributed by atoms with van der Waals surface area (Å²) >= 11 is 0. The molecule has 1 aliphatic rings. The van der Waals surface area contributed by atoms with Crippen molar-refractivity contribution >= 4 is 17.6 Å². The van der Waals surface area contributed by atoms with Crippen LogP contribution in [0.4, 0.5) is 5.69 Å². The molecule has 0 saturated heterocycles. The smallest absolute Gasteiger partial charge is 0.378 e. The number of hydrogen-bond donors (Lipinski definition) is 1. The lowest BCUT2D eigenvalue weighted by Crippen LogP contribution is -2.15. The van der Waals surface area contributed by atoms with Crippen molar-refractivity contribution in [2.45, 2.75) is 39.3 Å². The molecule has 2 heterocycles. The molecule has 10 heteroatoms. The summed E-state index contributed by atoms with van der Waals surface area (Å²) in [6.07, 6.45) is -0.172. The molecule has 10 nitrogen and oxygen atoms in total. The maximum Gasteiger partial charge on any atom is 0.378 e. The van der Waals surface area contributed by atoms with Gasteiger partial charge in [-0.1, -0.05) is 13.8 Å². The van der Waals surface area contributed by atoms with Crippen LogP contribution >= 0.6 is 0 Å². The van der Waals surface area contributed by atoms with Crippen molar-refractivity contribution in [3.05, 3.63) is 46.7 Å². The van der Waals surface area contributed by atoms with Crippen molar-refractivity contribution in [2.24, 2.45) is 5.92 Å². The van der Waals surface area contributed by atoms with Crippen LogP contribution in [0.2, 0.25) is 0 Å². The number of carbonyl (C=O) groups is 2. The summed E-state index contributed by atoms with van der Waals surface area (Å²) in [6, 6.07) is 5.28. The van der Waals surface area contributed by atoms with Crippen molar-refractivity contribution in [3.8, 4) is 0 Å². The third kappa shape index (κ3) is 3.82. The second-order valence-corrected chi connectivity index (χ2v) is 6.72. The average Bonchev–Trinajstić information content (AvgIpc) is 3.22. The number of ether oxygens (including phenoxy) is 2. The van der Waals surface area contributed by atoms with Crippen molar-refractivity contribution in [3.63, 3.8) is 0 Å². The van der Waals surface area contributed by atoms with Crippen LogP contribution in [-0.4, -0.2) is 38.5 Å².